The van der Waals surface area contributed by atoms with Crippen molar-refractivity contribution in [1.82, 2.24) is 5.32 Å². The number of hydrogen-bond donors (Lipinski definition) is 2. The standard InChI is InChI=1S/C14H22N2O3S/c1-2-19-9-10-20(17,18)16-14-5-3-12(4-6-14)11-15-13-7-8-13/h3-6,13,15-16H,2,7-11H2,1H3. The Labute approximate surface area is 120 Å². The van der Waals surface area contributed by atoms with E-state index in [0.717, 1.165) is 12.1 Å². The van der Waals surface area contributed by atoms with Crippen LogP contribution in [0.2, 0.25) is 0 Å². The zero-order valence-electron chi connectivity index (χ0n) is 11.8. The molecule has 0 unspecified atom stereocenters. The minimum absolute atomic E-state index is 0.0220. The SMILES string of the molecule is CCOCCS(=O)(=O)Nc1ccc(CNC2CC2)cc1. The maximum atomic E-state index is 11.8. The molecule has 0 aromatic heterocycles. The van der Waals surface area contributed by atoms with Gasteiger partial charge in [0.1, 0.15) is 0 Å². The molecule has 1 aliphatic carbocycles. The molecule has 1 aromatic rings. The van der Waals surface area contributed by atoms with Crippen LogP contribution in [0.25, 0.3) is 0 Å². The predicted molar refractivity (Wildman–Crippen MR) is 80.2 cm³/mol. The van der Waals surface area contributed by atoms with Crippen molar-refractivity contribution in [3.8, 4) is 0 Å². The third kappa shape index (κ3) is 5.48. The van der Waals surface area contributed by atoms with Crippen molar-refractivity contribution in [1.29, 1.82) is 0 Å². The molecule has 5 nitrogen and oxygen atoms in total. The average Bonchev–Trinajstić information content (AvgIpc) is 3.22. The van der Waals surface area contributed by atoms with E-state index < -0.39 is 10.0 Å². The van der Waals surface area contributed by atoms with Gasteiger partial charge in [0.2, 0.25) is 10.0 Å². The topological polar surface area (TPSA) is 67.4 Å². The third-order valence-electron chi connectivity index (χ3n) is 3.10. The summed E-state index contributed by atoms with van der Waals surface area (Å²) in [6.07, 6.45) is 2.52. The highest BCUT2D eigenvalue weighted by Crippen LogP contribution is 2.19. The van der Waals surface area contributed by atoms with Crippen LogP contribution in [0.5, 0.6) is 0 Å². The first-order valence-electron chi connectivity index (χ1n) is 6.99. The van der Waals surface area contributed by atoms with Gasteiger partial charge in [0, 0.05) is 24.9 Å². The van der Waals surface area contributed by atoms with Crippen LogP contribution < -0.4 is 10.0 Å². The molecule has 0 aliphatic heterocycles. The first kappa shape index (κ1) is 15.3. The number of ether oxygens (including phenoxy) is 1. The van der Waals surface area contributed by atoms with Gasteiger partial charge in [-0.2, -0.15) is 0 Å². The van der Waals surface area contributed by atoms with E-state index >= 15 is 0 Å². The first-order valence-corrected chi connectivity index (χ1v) is 8.65. The van der Waals surface area contributed by atoms with E-state index in [2.05, 4.69) is 10.0 Å². The summed E-state index contributed by atoms with van der Waals surface area (Å²) in [5, 5.41) is 3.42. The van der Waals surface area contributed by atoms with Crippen molar-refractivity contribution in [2.75, 3.05) is 23.7 Å². The summed E-state index contributed by atoms with van der Waals surface area (Å²) in [5.41, 5.74) is 1.76. The molecule has 2 rings (SSSR count). The van der Waals surface area contributed by atoms with Crippen molar-refractivity contribution in [2.45, 2.75) is 32.4 Å². The van der Waals surface area contributed by atoms with E-state index in [1.807, 2.05) is 19.1 Å². The van der Waals surface area contributed by atoms with Crippen LogP contribution in [-0.4, -0.2) is 33.4 Å². The third-order valence-corrected chi connectivity index (χ3v) is 4.35. The molecule has 0 saturated heterocycles. The Morgan fingerprint density at radius 3 is 2.55 bits per heavy atom. The van der Waals surface area contributed by atoms with Crippen LogP contribution in [0.3, 0.4) is 0 Å². The lowest BCUT2D eigenvalue weighted by molar-refractivity contribution is 0.163. The molecule has 112 valence electrons. The Morgan fingerprint density at radius 2 is 1.95 bits per heavy atom. The molecule has 1 aromatic carbocycles. The molecule has 2 N–H and O–H groups in total. The zero-order valence-corrected chi connectivity index (χ0v) is 12.6. The highest BCUT2D eigenvalue weighted by atomic mass is 32.2. The van der Waals surface area contributed by atoms with Crippen LogP contribution in [0.4, 0.5) is 5.69 Å². The van der Waals surface area contributed by atoms with Gasteiger partial charge in [-0.05, 0) is 37.5 Å². The van der Waals surface area contributed by atoms with E-state index in [4.69, 9.17) is 4.74 Å². The van der Waals surface area contributed by atoms with Crippen LogP contribution in [0.1, 0.15) is 25.3 Å². The number of rotatable bonds is 9. The predicted octanol–water partition coefficient (Wildman–Crippen LogP) is 1.72. The monoisotopic (exact) mass is 298 g/mol. The molecular formula is C14H22N2O3S. The lowest BCUT2D eigenvalue weighted by atomic mass is 10.2. The fourth-order valence-electron chi connectivity index (χ4n) is 1.78. The van der Waals surface area contributed by atoms with Gasteiger partial charge in [0.15, 0.2) is 0 Å². The van der Waals surface area contributed by atoms with Gasteiger partial charge in [-0.3, -0.25) is 4.72 Å². The maximum Gasteiger partial charge on any atom is 0.234 e. The van der Waals surface area contributed by atoms with E-state index in [1.165, 1.54) is 12.8 Å². The number of anilines is 1. The Hall–Kier alpha value is -1.11. The minimum Gasteiger partial charge on any atom is -0.381 e. The average molecular weight is 298 g/mol. The Morgan fingerprint density at radius 1 is 1.25 bits per heavy atom. The second-order valence-electron chi connectivity index (χ2n) is 4.97. The smallest absolute Gasteiger partial charge is 0.234 e. The number of nitrogens with one attached hydrogen (secondary N) is 2. The number of benzene rings is 1. The van der Waals surface area contributed by atoms with Crippen molar-refractivity contribution < 1.29 is 13.2 Å². The summed E-state index contributed by atoms with van der Waals surface area (Å²) in [6.45, 7) is 3.42. The lowest BCUT2D eigenvalue weighted by Gasteiger charge is -2.09. The molecule has 20 heavy (non-hydrogen) atoms. The molecular weight excluding hydrogens is 276 g/mol. The van der Waals surface area contributed by atoms with E-state index in [0.29, 0.717) is 18.3 Å². The summed E-state index contributed by atoms with van der Waals surface area (Å²) in [7, 11) is -3.33. The quantitative estimate of drug-likeness (QED) is 0.681. The molecule has 0 spiro atoms. The second-order valence-corrected chi connectivity index (χ2v) is 6.81. The molecule has 0 amide bonds. The first-order chi connectivity index (χ1) is 9.59. The fourth-order valence-corrected chi connectivity index (χ4v) is 2.72. The molecule has 1 aliphatic rings. The zero-order chi connectivity index (χ0) is 14.4. The minimum atomic E-state index is -3.33. The highest BCUT2D eigenvalue weighted by Gasteiger charge is 2.19. The lowest BCUT2D eigenvalue weighted by Crippen LogP contribution is -2.20. The largest absolute Gasteiger partial charge is 0.381 e. The summed E-state index contributed by atoms with van der Waals surface area (Å²) in [4.78, 5) is 0. The summed E-state index contributed by atoms with van der Waals surface area (Å²) in [5.74, 6) is -0.0220. The number of sulfonamides is 1. The van der Waals surface area contributed by atoms with E-state index in [-0.39, 0.29) is 12.4 Å². The van der Waals surface area contributed by atoms with Gasteiger partial charge in [0.25, 0.3) is 0 Å². The van der Waals surface area contributed by atoms with Crippen LogP contribution in [0, 0.1) is 0 Å². The van der Waals surface area contributed by atoms with Crippen molar-refractivity contribution in [2.24, 2.45) is 0 Å². The van der Waals surface area contributed by atoms with Crippen molar-refractivity contribution in [3.63, 3.8) is 0 Å². The van der Waals surface area contributed by atoms with Gasteiger partial charge >= 0.3 is 0 Å². The Bertz CT molecular complexity index is 510. The second kappa shape index (κ2) is 7.06. The highest BCUT2D eigenvalue weighted by molar-refractivity contribution is 7.92. The fraction of sp³-hybridized carbons (Fsp3) is 0.571. The van der Waals surface area contributed by atoms with Crippen LogP contribution in [0.15, 0.2) is 24.3 Å². The molecule has 0 radical (unpaired) electrons. The maximum absolute atomic E-state index is 11.8. The van der Waals surface area contributed by atoms with Gasteiger partial charge in [0.05, 0.1) is 12.4 Å². The van der Waals surface area contributed by atoms with Crippen LogP contribution in [-0.2, 0) is 21.3 Å². The summed E-state index contributed by atoms with van der Waals surface area (Å²) < 4.78 is 31.2. The van der Waals surface area contributed by atoms with E-state index in [1.54, 1.807) is 12.1 Å². The van der Waals surface area contributed by atoms with Gasteiger partial charge in [-0.1, -0.05) is 12.1 Å². The van der Waals surface area contributed by atoms with Gasteiger partial charge < -0.3 is 10.1 Å². The van der Waals surface area contributed by atoms with Crippen molar-refractivity contribution in [3.05, 3.63) is 29.8 Å². The molecule has 1 saturated carbocycles. The van der Waals surface area contributed by atoms with E-state index in [9.17, 15) is 8.42 Å². The number of hydrogen-bond acceptors (Lipinski definition) is 4. The van der Waals surface area contributed by atoms with Crippen LogP contribution >= 0.6 is 0 Å². The molecule has 6 heteroatoms. The summed E-state index contributed by atoms with van der Waals surface area (Å²) >= 11 is 0. The van der Waals surface area contributed by atoms with Crippen molar-refractivity contribution >= 4 is 15.7 Å². The van der Waals surface area contributed by atoms with Gasteiger partial charge in [-0.25, -0.2) is 8.42 Å². The van der Waals surface area contributed by atoms with Gasteiger partial charge in [-0.15, -0.1) is 0 Å². The Balaban J connectivity index is 1.82. The summed E-state index contributed by atoms with van der Waals surface area (Å²) in [6, 6.07) is 8.14. The molecule has 0 heterocycles. The molecule has 0 bridgehead atoms. The molecule has 1 fully saturated rings. The normalized spacial score (nSPS) is 15.2. The molecule has 0 atom stereocenters. The Kier molecular flexibility index (Phi) is 5.39.